The Morgan fingerprint density at radius 2 is 2.33 bits per heavy atom. The molecule has 0 atom stereocenters. The van der Waals surface area contributed by atoms with Crippen LogP contribution in [0.1, 0.15) is 29.8 Å². The normalized spacial score (nSPS) is 14.9. The monoisotopic (exact) mass is 206 g/mol. The molecule has 1 aliphatic carbocycles. The summed E-state index contributed by atoms with van der Waals surface area (Å²) in [6, 6.07) is 3.27. The predicted octanol–water partition coefficient (Wildman–Crippen LogP) is 1.99. The molecule has 15 heavy (non-hydrogen) atoms. The van der Waals surface area contributed by atoms with Crippen molar-refractivity contribution in [3.05, 3.63) is 24.0 Å². The number of nitrogens with one attached hydrogen (secondary N) is 1. The molecule has 2 N–H and O–H groups in total. The maximum absolute atomic E-state index is 10.5. The molecule has 4 nitrogen and oxygen atoms in total. The fourth-order valence-electron chi connectivity index (χ4n) is 1.45. The third-order valence-electron chi connectivity index (χ3n) is 2.56. The minimum Gasteiger partial charge on any atom is -0.477 e. The van der Waals surface area contributed by atoms with Crippen molar-refractivity contribution in [1.82, 2.24) is 4.98 Å². The van der Waals surface area contributed by atoms with Gasteiger partial charge in [0.2, 0.25) is 0 Å². The summed E-state index contributed by atoms with van der Waals surface area (Å²) in [6.45, 7) is 0.943. The highest BCUT2D eigenvalue weighted by atomic mass is 16.4. The van der Waals surface area contributed by atoms with E-state index < -0.39 is 5.97 Å². The SMILES string of the molecule is O=C(O)c1ccc(NCCC2CC2)cn1. The Hall–Kier alpha value is -1.58. The number of pyridine rings is 1. The molecule has 4 heteroatoms. The van der Waals surface area contributed by atoms with Crippen LogP contribution in [0.25, 0.3) is 0 Å². The standard InChI is InChI=1S/C11H14N2O2/c14-11(15)10-4-3-9(7-13-10)12-6-5-8-1-2-8/h3-4,7-8,12H,1-2,5-6H2,(H,14,15). The van der Waals surface area contributed by atoms with E-state index in [4.69, 9.17) is 5.11 Å². The Morgan fingerprint density at radius 3 is 2.87 bits per heavy atom. The molecule has 2 rings (SSSR count). The highest BCUT2D eigenvalue weighted by Gasteiger charge is 2.20. The van der Waals surface area contributed by atoms with Gasteiger partial charge in [-0.2, -0.15) is 0 Å². The van der Waals surface area contributed by atoms with Crippen LogP contribution in [0, 0.1) is 5.92 Å². The van der Waals surface area contributed by atoms with Gasteiger partial charge in [0, 0.05) is 6.54 Å². The van der Waals surface area contributed by atoms with E-state index in [1.54, 1.807) is 12.3 Å². The van der Waals surface area contributed by atoms with Crippen LogP contribution in [0.15, 0.2) is 18.3 Å². The zero-order valence-corrected chi connectivity index (χ0v) is 8.44. The molecule has 1 fully saturated rings. The van der Waals surface area contributed by atoms with Gasteiger partial charge in [0.15, 0.2) is 0 Å². The van der Waals surface area contributed by atoms with Crippen molar-refractivity contribution < 1.29 is 9.90 Å². The summed E-state index contributed by atoms with van der Waals surface area (Å²) in [5.74, 6) is -0.0803. The number of hydrogen-bond donors (Lipinski definition) is 2. The molecule has 0 bridgehead atoms. The van der Waals surface area contributed by atoms with Gasteiger partial charge in [0.25, 0.3) is 0 Å². The van der Waals surface area contributed by atoms with Crippen LogP contribution in [0.2, 0.25) is 0 Å². The number of carbonyl (C=O) groups is 1. The summed E-state index contributed by atoms with van der Waals surface area (Å²) in [4.78, 5) is 14.4. The molecule has 1 aromatic heterocycles. The zero-order chi connectivity index (χ0) is 10.7. The largest absolute Gasteiger partial charge is 0.477 e. The second-order valence-electron chi connectivity index (χ2n) is 3.90. The topological polar surface area (TPSA) is 62.2 Å². The second kappa shape index (κ2) is 4.29. The maximum Gasteiger partial charge on any atom is 0.354 e. The summed E-state index contributed by atoms with van der Waals surface area (Å²) >= 11 is 0. The summed E-state index contributed by atoms with van der Waals surface area (Å²) in [5.41, 5.74) is 0.975. The zero-order valence-electron chi connectivity index (χ0n) is 8.44. The number of nitrogens with zero attached hydrogens (tertiary/aromatic N) is 1. The third kappa shape index (κ3) is 2.94. The first kappa shape index (κ1) is 9.96. The van der Waals surface area contributed by atoms with Crippen LogP contribution >= 0.6 is 0 Å². The van der Waals surface area contributed by atoms with Crippen LogP contribution in [0.4, 0.5) is 5.69 Å². The Morgan fingerprint density at radius 1 is 1.53 bits per heavy atom. The number of anilines is 1. The highest BCUT2D eigenvalue weighted by molar-refractivity contribution is 5.85. The van der Waals surface area contributed by atoms with Crippen molar-refractivity contribution >= 4 is 11.7 Å². The Kier molecular flexibility index (Phi) is 2.85. The first-order chi connectivity index (χ1) is 7.25. The fraction of sp³-hybridized carbons (Fsp3) is 0.455. The van der Waals surface area contributed by atoms with Crippen molar-refractivity contribution in [2.45, 2.75) is 19.3 Å². The molecule has 1 saturated carbocycles. The van der Waals surface area contributed by atoms with E-state index in [2.05, 4.69) is 10.3 Å². The van der Waals surface area contributed by atoms with Crippen molar-refractivity contribution in [2.24, 2.45) is 5.92 Å². The third-order valence-corrected chi connectivity index (χ3v) is 2.56. The molecule has 0 saturated heterocycles. The van der Waals surface area contributed by atoms with Crippen molar-refractivity contribution in [3.63, 3.8) is 0 Å². The van der Waals surface area contributed by atoms with Gasteiger partial charge in [-0.1, -0.05) is 12.8 Å². The lowest BCUT2D eigenvalue weighted by molar-refractivity contribution is 0.0690. The second-order valence-corrected chi connectivity index (χ2v) is 3.90. The summed E-state index contributed by atoms with van der Waals surface area (Å²) in [7, 11) is 0. The Labute approximate surface area is 88.3 Å². The van der Waals surface area contributed by atoms with Gasteiger partial charge >= 0.3 is 5.97 Å². The van der Waals surface area contributed by atoms with E-state index in [-0.39, 0.29) is 5.69 Å². The highest BCUT2D eigenvalue weighted by Crippen LogP contribution is 2.32. The summed E-state index contributed by atoms with van der Waals surface area (Å²) < 4.78 is 0. The lowest BCUT2D eigenvalue weighted by Crippen LogP contribution is -2.04. The number of carboxylic acid groups (broad SMARTS) is 1. The van der Waals surface area contributed by atoms with Crippen LogP contribution in [-0.4, -0.2) is 22.6 Å². The van der Waals surface area contributed by atoms with E-state index >= 15 is 0 Å². The quantitative estimate of drug-likeness (QED) is 0.773. The van der Waals surface area contributed by atoms with Crippen LogP contribution in [0.5, 0.6) is 0 Å². The predicted molar refractivity (Wildman–Crippen MR) is 57.0 cm³/mol. The minimum atomic E-state index is -0.987. The Balaban J connectivity index is 1.83. The molecular formula is C11H14N2O2. The van der Waals surface area contributed by atoms with E-state index in [1.807, 2.05) is 0 Å². The summed E-state index contributed by atoms with van der Waals surface area (Å²) in [6.07, 6.45) is 5.48. The molecule has 0 unspecified atom stereocenters. The van der Waals surface area contributed by atoms with Gasteiger partial charge in [-0.05, 0) is 24.5 Å². The van der Waals surface area contributed by atoms with E-state index in [1.165, 1.54) is 25.3 Å². The molecular weight excluding hydrogens is 192 g/mol. The Bertz CT molecular complexity index is 344. The van der Waals surface area contributed by atoms with Gasteiger partial charge in [-0.15, -0.1) is 0 Å². The van der Waals surface area contributed by atoms with Gasteiger partial charge in [-0.25, -0.2) is 9.78 Å². The average Bonchev–Trinajstić information content (AvgIpc) is 3.02. The van der Waals surface area contributed by atoms with E-state index in [0.717, 1.165) is 18.2 Å². The van der Waals surface area contributed by atoms with Crippen LogP contribution in [0.3, 0.4) is 0 Å². The first-order valence-electron chi connectivity index (χ1n) is 5.19. The lowest BCUT2D eigenvalue weighted by Gasteiger charge is -2.04. The maximum atomic E-state index is 10.5. The molecule has 1 aliphatic rings. The van der Waals surface area contributed by atoms with Crippen molar-refractivity contribution in [3.8, 4) is 0 Å². The molecule has 1 aromatic rings. The smallest absolute Gasteiger partial charge is 0.354 e. The van der Waals surface area contributed by atoms with Crippen LogP contribution in [-0.2, 0) is 0 Å². The minimum absolute atomic E-state index is 0.0859. The number of aromatic nitrogens is 1. The van der Waals surface area contributed by atoms with Gasteiger partial charge in [0.1, 0.15) is 5.69 Å². The first-order valence-corrected chi connectivity index (χ1v) is 5.19. The molecule has 1 heterocycles. The summed E-state index contributed by atoms with van der Waals surface area (Å²) in [5, 5.41) is 11.9. The molecule has 0 amide bonds. The molecule has 80 valence electrons. The number of carboxylic acids is 1. The lowest BCUT2D eigenvalue weighted by atomic mass is 10.3. The number of rotatable bonds is 5. The number of aromatic carboxylic acids is 1. The fourth-order valence-corrected chi connectivity index (χ4v) is 1.45. The molecule has 0 spiro atoms. The van der Waals surface area contributed by atoms with Crippen molar-refractivity contribution in [1.29, 1.82) is 0 Å². The molecule has 0 aliphatic heterocycles. The van der Waals surface area contributed by atoms with Gasteiger partial charge < -0.3 is 10.4 Å². The number of hydrogen-bond acceptors (Lipinski definition) is 3. The van der Waals surface area contributed by atoms with Crippen molar-refractivity contribution in [2.75, 3.05) is 11.9 Å². The van der Waals surface area contributed by atoms with E-state index in [9.17, 15) is 4.79 Å². The van der Waals surface area contributed by atoms with E-state index in [0.29, 0.717) is 0 Å². The molecule has 0 radical (unpaired) electrons. The van der Waals surface area contributed by atoms with Gasteiger partial charge in [0.05, 0.1) is 11.9 Å². The van der Waals surface area contributed by atoms with Crippen LogP contribution < -0.4 is 5.32 Å². The van der Waals surface area contributed by atoms with Gasteiger partial charge in [-0.3, -0.25) is 0 Å². The average molecular weight is 206 g/mol. The molecule has 0 aromatic carbocycles.